The highest BCUT2D eigenvalue weighted by atomic mass is 32.2. The average Bonchev–Trinajstić information content (AvgIpc) is 2.75. The number of nitrogens with zero attached hydrogens (tertiary/aromatic N) is 3. The van der Waals surface area contributed by atoms with E-state index in [4.69, 9.17) is 4.74 Å². The van der Waals surface area contributed by atoms with Crippen LogP contribution in [0.1, 0.15) is 18.7 Å². The zero-order valence-corrected chi connectivity index (χ0v) is 17.7. The van der Waals surface area contributed by atoms with Crippen LogP contribution >= 0.6 is 11.8 Å². The first-order chi connectivity index (χ1) is 14.1. The van der Waals surface area contributed by atoms with Crippen LogP contribution in [0.4, 0.5) is 10.5 Å². The number of amides is 3. The molecule has 3 rings (SSSR count). The molecular weight excluding hydrogens is 414 g/mol. The molecule has 2 aliphatic rings. The number of carbonyl (C=O) groups is 3. The fourth-order valence-electron chi connectivity index (χ4n) is 3.59. The number of nitro benzene ring substituents is 1. The number of fused-ring (bicyclic) bond motifs is 1. The largest absolute Gasteiger partial charge is 0.468 e. The second kappa shape index (κ2) is 8.58. The van der Waals surface area contributed by atoms with Crippen LogP contribution < -0.4 is 10.6 Å². The Morgan fingerprint density at radius 1 is 1.23 bits per heavy atom. The molecule has 162 valence electrons. The molecule has 1 aromatic carbocycles. The first-order valence-electron chi connectivity index (χ1n) is 9.19. The van der Waals surface area contributed by atoms with E-state index in [0.29, 0.717) is 5.56 Å². The maximum absolute atomic E-state index is 12.9. The summed E-state index contributed by atoms with van der Waals surface area (Å²) in [6, 6.07) is 5.54. The molecule has 5 atom stereocenters. The van der Waals surface area contributed by atoms with Crippen LogP contribution in [0.3, 0.4) is 0 Å². The Balaban J connectivity index is 1.93. The van der Waals surface area contributed by atoms with E-state index in [-0.39, 0.29) is 11.6 Å². The smallest absolute Gasteiger partial charge is 0.327 e. The number of imide groups is 1. The second-order valence-electron chi connectivity index (χ2n) is 7.10. The first-order valence-corrected chi connectivity index (χ1v) is 10.1. The van der Waals surface area contributed by atoms with E-state index in [9.17, 15) is 24.5 Å². The monoisotopic (exact) mass is 437 g/mol. The van der Waals surface area contributed by atoms with Gasteiger partial charge in [-0.2, -0.15) is 0 Å². The predicted octanol–water partition coefficient (Wildman–Crippen LogP) is 0.873. The van der Waals surface area contributed by atoms with Crippen LogP contribution in [0.2, 0.25) is 0 Å². The molecule has 0 aromatic heterocycles. The van der Waals surface area contributed by atoms with Crippen molar-refractivity contribution >= 4 is 35.4 Å². The summed E-state index contributed by atoms with van der Waals surface area (Å²) >= 11 is 1.24. The topological polar surface area (TPSA) is 134 Å². The van der Waals surface area contributed by atoms with Crippen molar-refractivity contribution in [3.05, 3.63) is 39.9 Å². The molecule has 0 aliphatic carbocycles. The van der Waals surface area contributed by atoms with Crippen molar-refractivity contribution < 1.29 is 24.0 Å². The van der Waals surface area contributed by atoms with E-state index >= 15 is 0 Å². The molecule has 0 radical (unpaired) electrons. The number of rotatable bonds is 5. The zero-order chi connectivity index (χ0) is 22.2. The molecule has 2 heterocycles. The minimum Gasteiger partial charge on any atom is -0.468 e. The van der Waals surface area contributed by atoms with Gasteiger partial charge in [0.25, 0.3) is 5.69 Å². The molecule has 0 bridgehead atoms. The van der Waals surface area contributed by atoms with Crippen molar-refractivity contribution in [1.29, 1.82) is 0 Å². The molecule has 2 saturated heterocycles. The van der Waals surface area contributed by atoms with Gasteiger partial charge in [-0.05, 0) is 24.6 Å². The van der Waals surface area contributed by atoms with Crippen LogP contribution in [0.5, 0.6) is 0 Å². The van der Waals surface area contributed by atoms with Gasteiger partial charge in [-0.3, -0.25) is 35.2 Å². The highest BCUT2D eigenvalue weighted by Gasteiger charge is 2.51. The van der Waals surface area contributed by atoms with Gasteiger partial charge < -0.3 is 9.64 Å². The number of urea groups is 1. The van der Waals surface area contributed by atoms with Crippen LogP contribution in [0, 0.1) is 16.0 Å². The summed E-state index contributed by atoms with van der Waals surface area (Å²) < 4.78 is 4.80. The van der Waals surface area contributed by atoms with Gasteiger partial charge >= 0.3 is 12.0 Å². The van der Waals surface area contributed by atoms with Crippen molar-refractivity contribution in [3.8, 4) is 0 Å². The van der Waals surface area contributed by atoms with Gasteiger partial charge in [0.2, 0.25) is 5.91 Å². The highest BCUT2D eigenvalue weighted by Crippen LogP contribution is 2.36. The molecule has 12 heteroatoms. The third-order valence-electron chi connectivity index (χ3n) is 5.28. The lowest BCUT2D eigenvalue weighted by Gasteiger charge is -2.50. The number of hydrogen-bond acceptors (Lipinski definition) is 9. The summed E-state index contributed by atoms with van der Waals surface area (Å²) in [5.74, 6) is -1.44. The molecule has 1 aromatic rings. The van der Waals surface area contributed by atoms with Crippen molar-refractivity contribution in [1.82, 2.24) is 20.4 Å². The number of non-ortho nitro benzene ring substituents is 1. The summed E-state index contributed by atoms with van der Waals surface area (Å²) in [5, 5.41) is 16.4. The lowest BCUT2D eigenvalue weighted by atomic mass is 9.96. The van der Waals surface area contributed by atoms with E-state index in [1.54, 1.807) is 26.1 Å². The van der Waals surface area contributed by atoms with E-state index in [1.807, 2.05) is 0 Å². The number of nitrogens with one attached hydrogen (secondary N) is 2. The van der Waals surface area contributed by atoms with Crippen molar-refractivity contribution in [3.63, 3.8) is 0 Å². The van der Waals surface area contributed by atoms with Gasteiger partial charge in [0.1, 0.15) is 5.25 Å². The van der Waals surface area contributed by atoms with E-state index < -0.39 is 45.8 Å². The van der Waals surface area contributed by atoms with Crippen molar-refractivity contribution in [2.75, 3.05) is 21.2 Å². The predicted molar refractivity (Wildman–Crippen MR) is 108 cm³/mol. The van der Waals surface area contributed by atoms with Crippen molar-refractivity contribution in [2.24, 2.45) is 5.92 Å². The molecule has 2 aliphatic heterocycles. The van der Waals surface area contributed by atoms with Gasteiger partial charge in [-0.1, -0.05) is 0 Å². The summed E-state index contributed by atoms with van der Waals surface area (Å²) in [7, 11) is 4.31. The lowest BCUT2D eigenvalue weighted by Crippen LogP contribution is -2.72. The minimum absolute atomic E-state index is 0.0422. The number of methoxy groups -OCH3 is 1. The molecular formula is C18H23N5O6S. The Kier molecular flexibility index (Phi) is 6.29. The van der Waals surface area contributed by atoms with Crippen LogP contribution in [-0.4, -0.2) is 70.6 Å². The Bertz CT molecular complexity index is 865. The second-order valence-corrected chi connectivity index (χ2v) is 8.59. The van der Waals surface area contributed by atoms with Crippen LogP contribution in [0.25, 0.3) is 0 Å². The minimum atomic E-state index is -0.649. The van der Waals surface area contributed by atoms with Crippen molar-refractivity contribution in [2.45, 2.75) is 29.9 Å². The fourth-order valence-corrected chi connectivity index (χ4v) is 4.89. The van der Waals surface area contributed by atoms with Crippen LogP contribution in [0.15, 0.2) is 24.3 Å². The third kappa shape index (κ3) is 3.98. The Morgan fingerprint density at radius 3 is 2.43 bits per heavy atom. The van der Waals surface area contributed by atoms with Gasteiger partial charge in [0.15, 0.2) is 0 Å². The summed E-state index contributed by atoms with van der Waals surface area (Å²) in [5.41, 5.74) is 0.655. The number of esters is 1. The Morgan fingerprint density at radius 2 is 1.87 bits per heavy atom. The Labute approximate surface area is 177 Å². The summed E-state index contributed by atoms with van der Waals surface area (Å²) in [6.07, 6.45) is -1.12. The number of thioether (sulfide) groups is 1. The number of benzene rings is 1. The molecule has 3 amide bonds. The molecule has 0 saturated carbocycles. The third-order valence-corrected chi connectivity index (χ3v) is 6.60. The van der Waals surface area contributed by atoms with Crippen LogP contribution in [-0.2, 0) is 14.3 Å². The first kappa shape index (κ1) is 22.0. The quantitative estimate of drug-likeness (QED) is 0.391. The lowest BCUT2D eigenvalue weighted by molar-refractivity contribution is -0.384. The molecule has 0 spiro atoms. The standard InChI is InChI=1S/C18H23N5O6S/c1-9(17(25)29-4)30-15-12-14(21(2)18(26)22(3)16(12)24)19-13(20-15)10-5-7-11(8-6-10)23(27)28/h5-9,12-15,19-20H,1-4H3. The van der Waals surface area contributed by atoms with Gasteiger partial charge in [0, 0.05) is 26.2 Å². The van der Waals surface area contributed by atoms with Gasteiger partial charge in [0.05, 0.1) is 35.7 Å². The molecule has 30 heavy (non-hydrogen) atoms. The maximum Gasteiger partial charge on any atom is 0.327 e. The normalized spacial score (nSPS) is 27.5. The van der Waals surface area contributed by atoms with E-state index in [0.717, 1.165) is 4.90 Å². The molecule has 11 nitrogen and oxygen atoms in total. The van der Waals surface area contributed by atoms with E-state index in [1.165, 1.54) is 43.0 Å². The highest BCUT2D eigenvalue weighted by molar-refractivity contribution is 8.01. The van der Waals surface area contributed by atoms with Gasteiger partial charge in [-0.15, -0.1) is 11.8 Å². The zero-order valence-electron chi connectivity index (χ0n) is 16.9. The number of ether oxygens (including phenoxy) is 1. The Hall–Kier alpha value is -2.70. The van der Waals surface area contributed by atoms with E-state index in [2.05, 4.69) is 10.6 Å². The number of carbonyl (C=O) groups excluding carboxylic acids is 3. The fraction of sp³-hybridized carbons (Fsp3) is 0.500. The number of nitro groups is 1. The molecule has 5 unspecified atom stereocenters. The number of hydrogen-bond donors (Lipinski definition) is 2. The molecule has 2 N–H and O–H groups in total. The van der Waals surface area contributed by atoms with Gasteiger partial charge in [-0.25, -0.2) is 4.79 Å². The summed E-state index contributed by atoms with van der Waals surface area (Å²) in [4.78, 5) is 50.3. The molecule has 2 fully saturated rings. The SMILES string of the molecule is COC(=O)C(C)SC1NC(c2ccc([N+](=O)[O-])cc2)NC2C1C(=O)N(C)C(=O)N2C. The maximum atomic E-state index is 12.9. The average molecular weight is 437 g/mol. The summed E-state index contributed by atoms with van der Waals surface area (Å²) in [6.45, 7) is 1.68.